The van der Waals surface area contributed by atoms with Crippen molar-refractivity contribution in [3.05, 3.63) is 38.5 Å². The van der Waals surface area contributed by atoms with Crippen LogP contribution in [0, 0.1) is 6.92 Å². The number of benzene rings is 1. The van der Waals surface area contributed by atoms with Crippen molar-refractivity contribution >= 4 is 47.8 Å². The summed E-state index contributed by atoms with van der Waals surface area (Å²) in [4.78, 5) is 0.245. The monoisotopic (exact) mass is 435 g/mol. The third-order valence-electron chi connectivity index (χ3n) is 2.58. The zero-order valence-electron chi connectivity index (χ0n) is 9.99. The van der Waals surface area contributed by atoms with Crippen molar-refractivity contribution in [1.29, 1.82) is 0 Å². The minimum atomic E-state index is 0.245. The van der Waals surface area contributed by atoms with Crippen LogP contribution < -0.4 is 0 Å². The maximum atomic E-state index is 4.19. The Morgan fingerprint density at radius 3 is 2.44 bits per heavy atom. The maximum absolute atomic E-state index is 4.19. The highest BCUT2D eigenvalue weighted by molar-refractivity contribution is 9.11. The number of nitrogens with zero attached hydrogens (tertiary/aromatic N) is 3. The Balaban J connectivity index is 2.46. The fourth-order valence-electron chi connectivity index (χ4n) is 1.65. The highest BCUT2D eigenvalue weighted by Gasteiger charge is 2.14. The van der Waals surface area contributed by atoms with E-state index in [0.29, 0.717) is 0 Å². The Labute approximate surface area is 131 Å². The zero-order valence-corrected chi connectivity index (χ0v) is 14.8. The van der Waals surface area contributed by atoms with Gasteiger partial charge >= 0.3 is 0 Å². The summed E-state index contributed by atoms with van der Waals surface area (Å²) in [5, 5.41) is 8.38. The van der Waals surface area contributed by atoms with Gasteiger partial charge in [0.1, 0.15) is 0 Å². The van der Waals surface area contributed by atoms with Gasteiger partial charge in [-0.2, -0.15) is 0 Å². The first-order valence-electron chi connectivity index (χ1n) is 5.55. The van der Waals surface area contributed by atoms with E-state index in [1.54, 1.807) is 4.68 Å². The van der Waals surface area contributed by atoms with Crippen molar-refractivity contribution in [2.75, 3.05) is 0 Å². The minimum Gasteiger partial charge on any atom is -0.218 e. The number of hydrogen-bond donors (Lipinski definition) is 0. The van der Waals surface area contributed by atoms with Gasteiger partial charge in [-0.15, -0.1) is 5.10 Å². The first-order chi connectivity index (χ1) is 8.52. The number of rotatable bonds is 3. The zero-order chi connectivity index (χ0) is 13.3. The Morgan fingerprint density at radius 1 is 1.28 bits per heavy atom. The molecule has 1 heterocycles. The van der Waals surface area contributed by atoms with Crippen molar-refractivity contribution in [2.24, 2.45) is 0 Å². The van der Waals surface area contributed by atoms with Crippen molar-refractivity contribution in [3.63, 3.8) is 0 Å². The molecule has 3 nitrogen and oxygen atoms in total. The number of alkyl halides is 1. The highest BCUT2D eigenvalue weighted by atomic mass is 79.9. The normalized spacial score (nSPS) is 12.7. The molecule has 1 unspecified atom stereocenters. The second-order valence-corrected chi connectivity index (χ2v) is 6.85. The molecule has 2 aromatic rings. The molecule has 0 N–H and O–H groups in total. The van der Waals surface area contributed by atoms with E-state index < -0.39 is 0 Å². The molecule has 0 aliphatic heterocycles. The van der Waals surface area contributed by atoms with Crippen molar-refractivity contribution in [3.8, 4) is 5.69 Å². The molecular weight excluding hydrogens is 426 g/mol. The lowest BCUT2D eigenvalue weighted by Crippen LogP contribution is -1.98. The van der Waals surface area contributed by atoms with Gasteiger partial charge in [0, 0.05) is 8.95 Å². The van der Waals surface area contributed by atoms with Crippen LogP contribution in [0.4, 0.5) is 0 Å². The van der Waals surface area contributed by atoms with E-state index in [1.165, 1.54) is 5.56 Å². The molecule has 0 bridgehead atoms. The summed E-state index contributed by atoms with van der Waals surface area (Å²) >= 11 is 10.7. The van der Waals surface area contributed by atoms with Gasteiger partial charge < -0.3 is 0 Å². The summed E-state index contributed by atoms with van der Waals surface area (Å²) in [6.07, 6.45) is 2.93. The van der Waals surface area contributed by atoms with Crippen LogP contribution in [0.1, 0.15) is 29.4 Å². The van der Waals surface area contributed by atoms with Gasteiger partial charge in [-0.05, 0) is 62.9 Å². The SMILES string of the molecule is CCC(Br)c1cn(-c2c(Br)cc(C)cc2Br)nn1. The molecule has 0 spiro atoms. The van der Waals surface area contributed by atoms with E-state index >= 15 is 0 Å². The molecule has 0 fully saturated rings. The molecular formula is C12H12Br3N3. The topological polar surface area (TPSA) is 30.7 Å². The molecule has 0 amide bonds. The molecule has 0 saturated carbocycles. The first kappa shape index (κ1) is 14.2. The predicted molar refractivity (Wildman–Crippen MR) is 83.5 cm³/mol. The van der Waals surface area contributed by atoms with Gasteiger partial charge in [0.05, 0.1) is 22.4 Å². The van der Waals surface area contributed by atoms with E-state index in [0.717, 1.165) is 26.7 Å². The second-order valence-electron chi connectivity index (χ2n) is 4.04. The third-order valence-corrected chi connectivity index (χ3v) is 4.91. The fraction of sp³-hybridized carbons (Fsp3) is 0.333. The van der Waals surface area contributed by atoms with Crippen molar-refractivity contribution in [1.82, 2.24) is 15.0 Å². The number of aryl methyl sites for hydroxylation is 1. The lowest BCUT2D eigenvalue weighted by molar-refractivity contribution is 0.785. The first-order valence-corrected chi connectivity index (χ1v) is 8.05. The number of hydrogen-bond acceptors (Lipinski definition) is 2. The average molecular weight is 438 g/mol. The quantitative estimate of drug-likeness (QED) is 0.636. The maximum Gasteiger partial charge on any atom is 0.0967 e. The van der Waals surface area contributed by atoms with Crippen LogP contribution >= 0.6 is 47.8 Å². The van der Waals surface area contributed by atoms with E-state index in [9.17, 15) is 0 Å². The molecule has 0 saturated heterocycles. The Hall–Kier alpha value is -0.200. The van der Waals surface area contributed by atoms with Gasteiger partial charge in [-0.25, -0.2) is 4.68 Å². The Bertz CT molecular complexity index is 542. The molecule has 0 aliphatic carbocycles. The summed E-state index contributed by atoms with van der Waals surface area (Å²) in [5.41, 5.74) is 3.09. The summed E-state index contributed by atoms with van der Waals surface area (Å²) in [7, 11) is 0. The lowest BCUT2D eigenvalue weighted by atomic mass is 10.2. The number of halogens is 3. The Kier molecular flexibility index (Phi) is 4.61. The molecule has 1 aromatic heterocycles. The van der Waals surface area contributed by atoms with Gasteiger partial charge in [0.25, 0.3) is 0 Å². The molecule has 18 heavy (non-hydrogen) atoms. The van der Waals surface area contributed by atoms with Crippen LogP contribution in [0.3, 0.4) is 0 Å². The van der Waals surface area contributed by atoms with Gasteiger partial charge in [-0.1, -0.05) is 28.1 Å². The summed E-state index contributed by atoms with van der Waals surface area (Å²) in [5.74, 6) is 0. The molecule has 0 radical (unpaired) electrons. The van der Waals surface area contributed by atoms with E-state index in [4.69, 9.17) is 0 Å². The van der Waals surface area contributed by atoms with E-state index in [-0.39, 0.29) is 4.83 Å². The molecule has 1 atom stereocenters. The van der Waals surface area contributed by atoms with Crippen LogP contribution in [-0.4, -0.2) is 15.0 Å². The molecule has 2 rings (SSSR count). The van der Waals surface area contributed by atoms with Crippen molar-refractivity contribution < 1.29 is 0 Å². The van der Waals surface area contributed by atoms with Crippen molar-refractivity contribution in [2.45, 2.75) is 25.1 Å². The fourth-order valence-corrected chi connectivity index (χ4v) is 3.64. The highest BCUT2D eigenvalue weighted by Crippen LogP contribution is 2.31. The smallest absolute Gasteiger partial charge is 0.0967 e. The minimum absolute atomic E-state index is 0.245. The molecule has 1 aromatic carbocycles. The van der Waals surface area contributed by atoms with Crippen LogP contribution in [0.15, 0.2) is 27.3 Å². The van der Waals surface area contributed by atoms with Crippen LogP contribution in [0.25, 0.3) is 5.69 Å². The summed E-state index contributed by atoms with van der Waals surface area (Å²) in [6.45, 7) is 4.16. The predicted octanol–water partition coefficient (Wildman–Crippen LogP) is 4.95. The van der Waals surface area contributed by atoms with Crippen LogP contribution in [0.2, 0.25) is 0 Å². The average Bonchev–Trinajstić information content (AvgIpc) is 2.76. The molecule has 96 valence electrons. The van der Waals surface area contributed by atoms with Gasteiger partial charge in [-0.3, -0.25) is 0 Å². The summed E-state index contributed by atoms with van der Waals surface area (Å²) < 4.78 is 3.77. The third kappa shape index (κ3) is 2.86. The van der Waals surface area contributed by atoms with Gasteiger partial charge in [0.2, 0.25) is 0 Å². The number of aromatic nitrogens is 3. The van der Waals surface area contributed by atoms with Crippen LogP contribution in [-0.2, 0) is 0 Å². The summed E-state index contributed by atoms with van der Waals surface area (Å²) in [6, 6.07) is 4.12. The van der Waals surface area contributed by atoms with Crippen LogP contribution in [0.5, 0.6) is 0 Å². The Morgan fingerprint density at radius 2 is 1.89 bits per heavy atom. The lowest BCUT2D eigenvalue weighted by Gasteiger charge is -2.08. The van der Waals surface area contributed by atoms with E-state index in [2.05, 4.69) is 84.1 Å². The second kappa shape index (κ2) is 5.84. The standard InChI is InChI=1S/C12H12Br3N3/c1-3-8(13)11-6-18(17-16-11)12-9(14)4-7(2)5-10(12)15/h4-6,8H,3H2,1-2H3. The van der Waals surface area contributed by atoms with Gasteiger partial charge in [0.15, 0.2) is 0 Å². The largest absolute Gasteiger partial charge is 0.218 e. The molecule has 6 heteroatoms. The molecule has 0 aliphatic rings. The van der Waals surface area contributed by atoms with E-state index in [1.807, 2.05) is 6.20 Å².